The molecular weight excluding hydrogens is 330 g/mol. The van der Waals surface area contributed by atoms with E-state index in [0.29, 0.717) is 44.2 Å². The van der Waals surface area contributed by atoms with E-state index in [1.165, 1.54) is 0 Å². The highest BCUT2D eigenvalue weighted by Crippen LogP contribution is 2.20. The molecule has 0 saturated carbocycles. The van der Waals surface area contributed by atoms with Crippen molar-refractivity contribution in [1.82, 2.24) is 4.90 Å². The third kappa shape index (κ3) is 3.98. The van der Waals surface area contributed by atoms with Crippen molar-refractivity contribution in [3.05, 3.63) is 58.5 Å². The number of benzene rings is 1. The minimum absolute atomic E-state index is 0.0731. The zero-order chi connectivity index (χ0) is 16.9. The molecule has 1 aromatic carbocycles. The molecule has 0 aliphatic carbocycles. The lowest BCUT2D eigenvalue weighted by Gasteiger charge is -2.32. The van der Waals surface area contributed by atoms with Crippen molar-refractivity contribution in [2.75, 3.05) is 26.8 Å². The molecule has 0 N–H and O–H groups in total. The SMILES string of the molecule is COCc1ccc(C(=O)N2CCO[C@H](Cc3ccccc3Cl)C2)o1. The number of hydrogen-bond donors (Lipinski definition) is 0. The molecule has 128 valence electrons. The second-order valence-electron chi connectivity index (χ2n) is 5.74. The predicted octanol–water partition coefficient (Wildman–Crippen LogP) is 3.16. The van der Waals surface area contributed by atoms with Crippen LogP contribution in [0.15, 0.2) is 40.8 Å². The first-order chi connectivity index (χ1) is 11.7. The number of carbonyl (C=O) groups excluding carboxylic acids is 1. The number of amides is 1. The molecule has 1 aliphatic heterocycles. The fourth-order valence-corrected chi connectivity index (χ4v) is 3.02. The van der Waals surface area contributed by atoms with Gasteiger partial charge in [-0.25, -0.2) is 0 Å². The Kier molecular flexibility index (Phi) is 5.56. The minimum Gasteiger partial charge on any atom is -0.453 e. The highest BCUT2D eigenvalue weighted by atomic mass is 35.5. The van der Waals surface area contributed by atoms with E-state index in [9.17, 15) is 4.79 Å². The van der Waals surface area contributed by atoms with Crippen molar-refractivity contribution < 1.29 is 18.7 Å². The molecule has 24 heavy (non-hydrogen) atoms. The van der Waals surface area contributed by atoms with Crippen molar-refractivity contribution in [2.24, 2.45) is 0 Å². The standard InChI is InChI=1S/C18H20ClNO4/c1-22-12-14-6-7-17(24-14)18(21)20-8-9-23-15(11-20)10-13-4-2-3-5-16(13)19/h2-7,15H,8-12H2,1H3/t15-/m1/s1. The Morgan fingerprint density at radius 3 is 2.96 bits per heavy atom. The summed E-state index contributed by atoms with van der Waals surface area (Å²) in [5.74, 6) is 0.854. The van der Waals surface area contributed by atoms with Crippen molar-refractivity contribution in [3.63, 3.8) is 0 Å². The van der Waals surface area contributed by atoms with Gasteiger partial charge in [0.2, 0.25) is 0 Å². The van der Waals surface area contributed by atoms with E-state index in [0.717, 1.165) is 10.6 Å². The molecular formula is C18H20ClNO4. The Morgan fingerprint density at radius 1 is 1.33 bits per heavy atom. The first-order valence-corrected chi connectivity index (χ1v) is 8.27. The van der Waals surface area contributed by atoms with Crippen LogP contribution in [0.4, 0.5) is 0 Å². The number of halogens is 1. The smallest absolute Gasteiger partial charge is 0.289 e. The van der Waals surface area contributed by atoms with Crippen LogP contribution in [0.25, 0.3) is 0 Å². The lowest BCUT2D eigenvalue weighted by atomic mass is 10.1. The summed E-state index contributed by atoms with van der Waals surface area (Å²) in [5.41, 5.74) is 1.03. The van der Waals surface area contributed by atoms with Gasteiger partial charge >= 0.3 is 0 Å². The average molecular weight is 350 g/mol. The van der Waals surface area contributed by atoms with Gasteiger partial charge in [-0.1, -0.05) is 29.8 Å². The molecule has 6 heteroatoms. The van der Waals surface area contributed by atoms with Crippen LogP contribution in [0.1, 0.15) is 21.9 Å². The van der Waals surface area contributed by atoms with E-state index in [1.54, 1.807) is 24.1 Å². The number of furan rings is 1. The highest BCUT2D eigenvalue weighted by Gasteiger charge is 2.27. The van der Waals surface area contributed by atoms with E-state index < -0.39 is 0 Å². The Hall–Kier alpha value is -1.82. The van der Waals surface area contributed by atoms with Crippen molar-refractivity contribution in [2.45, 2.75) is 19.1 Å². The van der Waals surface area contributed by atoms with Crippen LogP contribution >= 0.6 is 11.6 Å². The maximum absolute atomic E-state index is 12.6. The summed E-state index contributed by atoms with van der Waals surface area (Å²) in [5, 5.41) is 0.722. The van der Waals surface area contributed by atoms with Gasteiger partial charge in [-0.15, -0.1) is 0 Å². The molecule has 1 atom stereocenters. The molecule has 0 unspecified atom stereocenters. The van der Waals surface area contributed by atoms with Crippen molar-refractivity contribution in [1.29, 1.82) is 0 Å². The highest BCUT2D eigenvalue weighted by molar-refractivity contribution is 6.31. The Labute approximate surface area is 146 Å². The van der Waals surface area contributed by atoms with Gasteiger partial charge in [-0.2, -0.15) is 0 Å². The van der Waals surface area contributed by atoms with Gasteiger partial charge in [0.1, 0.15) is 12.4 Å². The second kappa shape index (κ2) is 7.83. The van der Waals surface area contributed by atoms with Gasteiger partial charge < -0.3 is 18.8 Å². The van der Waals surface area contributed by atoms with Crippen LogP contribution in [-0.4, -0.2) is 43.7 Å². The van der Waals surface area contributed by atoms with Gasteiger partial charge in [-0.05, 0) is 23.8 Å². The number of hydrogen-bond acceptors (Lipinski definition) is 4. The molecule has 1 saturated heterocycles. The van der Waals surface area contributed by atoms with E-state index in [2.05, 4.69) is 0 Å². The molecule has 1 aliphatic rings. The number of carbonyl (C=O) groups is 1. The molecule has 0 spiro atoms. The zero-order valence-electron chi connectivity index (χ0n) is 13.5. The zero-order valence-corrected chi connectivity index (χ0v) is 14.3. The Bertz CT molecular complexity index is 700. The molecule has 2 aromatic rings. The fraction of sp³-hybridized carbons (Fsp3) is 0.389. The summed E-state index contributed by atoms with van der Waals surface area (Å²) in [4.78, 5) is 14.4. The summed E-state index contributed by atoms with van der Waals surface area (Å²) in [6.45, 7) is 1.93. The molecule has 5 nitrogen and oxygen atoms in total. The van der Waals surface area contributed by atoms with Crippen LogP contribution in [0.2, 0.25) is 5.02 Å². The van der Waals surface area contributed by atoms with Crippen LogP contribution < -0.4 is 0 Å². The number of ether oxygens (including phenoxy) is 2. The Morgan fingerprint density at radius 2 is 2.17 bits per heavy atom. The van der Waals surface area contributed by atoms with Gasteiger partial charge in [0.15, 0.2) is 5.76 Å². The third-order valence-corrected chi connectivity index (χ3v) is 4.36. The lowest BCUT2D eigenvalue weighted by Crippen LogP contribution is -2.46. The lowest BCUT2D eigenvalue weighted by molar-refractivity contribution is -0.0218. The summed E-state index contributed by atoms with van der Waals surface area (Å²) < 4.78 is 16.3. The van der Waals surface area contributed by atoms with Crippen LogP contribution in [0, 0.1) is 0 Å². The maximum Gasteiger partial charge on any atom is 0.289 e. The van der Waals surface area contributed by atoms with Crippen molar-refractivity contribution in [3.8, 4) is 0 Å². The van der Waals surface area contributed by atoms with Gasteiger partial charge in [0, 0.05) is 31.6 Å². The normalized spacial score (nSPS) is 17.9. The van der Waals surface area contributed by atoms with E-state index in [1.807, 2.05) is 24.3 Å². The van der Waals surface area contributed by atoms with Gasteiger partial charge in [0.05, 0.1) is 12.7 Å². The Balaban J connectivity index is 1.64. The van der Waals surface area contributed by atoms with E-state index in [-0.39, 0.29) is 12.0 Å². The molecule has 0 bridgehead atoms. The first-order valence-electron chi connectivity index (χ1n) is 7.89. The molecule has 2 heterocycles. The molecule has 3 rings (SSSR count). The average Bonchev–Trinajstić information content (AvgIpc) is 3.06. The minimum atomic E-state index is -0.121. The molecule has 1 aromatic heterocycles. The number of nitrogens with zero attached hydrogens (tertiary/aromatic N) is 1. The maximum atomic E-state index is 12.6. The van der Waals surface area contributed by atoms with Crippen LogP contribution in [-0.2, 0) is 22.5 Å². The van der Waals surface area contributed by atoms with E-state index >= 15 is 0 Å². The van der Waals surface area contributed by atoms with E-state index in [4.69, 9.17) is 25.5 Å². The number of rotatable bonds is 5. The van der Waals surface area contributed by atoms with Crippen LogP contribution in [0.3, 0.4) is 0 Å². The largest absolute Gasteiger partial charge is 0.453 e. The second-order valence-corrected chi connectivity index (χ2v) is 6.15. The molecule has 1 fully saturated rings. The van der Waals surface area contributed by atoms with Gasteiger partial charge in [-0.3, -0.25) is 4.79 Å². The van der Waals surface area contributed by atoms with Crippen LogP contribution in [0.5, 0.6) is 0 Å². The van der Waals surface area contributed by atoms with Crippen molar-refractivity contribution >= 4 is 17.5 Å². The van der Waals surface area contributed by atoms with Gasteiger partial charge in [0.25, 0.3) is 5.91 Å². The fourth-order valence-electron chi connectivity index (χ4n) is 2.81. The summed E-state index contributed by atoms with van der Waals surface area (Å²) in [6, 6.07) is 11.2. The molecule has 0 radical (unpaired) electrons. The summed E-state index contributed by atoms with van der Waals surface area (Å²) in [7, 11) is 1.59. The first kappa shape index (κ1) is 17.0. The number of methoxy groups -OCH3 is 1. The molecule has 1 amide bonds. The monoisotopic (exact) mass is 349 g/mol. The number of morpholine rings is 1. The third-order valence-electron chi connectivity index (χ3n) is 3.99. The summed E-state index contributed by atoms with van der Waals surface area (Å²) >= 11 is 6.21. The predicted molar refractivity (Wildman–Crippen MR) is 90.2 cm³/mol. The topological polar surface area (TPSA) is 51.9 Å². The summed E-state index contributed by atoms with van der Waals surface area (Å²) in [6.07, 6.45) is 0.604. The quantitative estimate of drug-likeness (QED) is 0.832.